The van der Waals surface area contributed by atoms with Crippen LogP contribution in [0.15, 0.2) is 73.1 Å². The standard InChI is InChI=1S/C21H15F3N4/c22-21(23,24)15-9-11-25-18(12-15)17-5-3-4-14-7-8-16(28-20(14)17)13-27-19-6-1-2-10-26-19/h1-12H,13H2,(H,26,27). The van der Waals surface area contributed by atoms with Crippen LogP contribution in [-0.2, 0) is 12.7 Å². The zero-order chi connectivity index (χ0) is 19.6. The normalized spacial score (nSPS) is 11.5. The number of anilines is 1. The number of rotatable bonds is 4. The van der Waals surface area contributed by atoms with Crippen LogP contribution in [0.1, 0.15) is 11.3 Å². The molecule has 3 aromatic heterocycles. The summed E-state index contributed by atoms with van der Waals surface area (Å²) in [6.45, 7) is 0.442. The number of nitrogens with one attached hydrogen (secondary N) is 1. The number of hydrogen-bond acceptors (Lipinski definition) is 4. The molecule has 4 aromatic rings. The Morgan fingerprint density at radius 2 is 1.75 bits per heavy atom. The summed E-state index contributed by atoms with van der Waals surface area (Å²) in [6, 6.07) is 16.7. The minimum absolute atomic E-state index is 0.239. The van der Waals surface area contributed by atoms with E-state index in [4.69, 9.17) is 0 Å². The molecule has 0 fully saturated rings. The fourth-order valence-corrected chi connectivity index (χ4v) is 2.90. The molecule has 0 spiro atoms. The molecule has 0 amide bonds. The lowest BCUT2D eigenvalue weighted by Crippen LogP contribution is -2.05. The molecule has 0 aliphatic rings. The van der Waals surface area contributed by atoms with E-state index in [0.29, 0.717) is 17.6 Å². The molecule has 0 aliphatic heterocycles. The van der Waals surface area contributed by atoms with Crippen molar-refractivity contribution in [3.63, 3.8) is 0 Å². The molecule has 0 saturated heterocycles. The Hall–Kier alpha value is -3.48. The molecule has 0 unspecified atom stereocenters. The largest absolute Gasteiger partial charge is 0.416 e. The van der Waals surface area contributed by atoms with E-state index < -0.39 is 11.7 Å². The van der Waals surface area contributed by atoms with Gasteiger partial charge in [-0.3, -0.25) is 9.97 Å². The van der Waals surface area contributed by atoms with Crippen LogP contribution in [0.25, 0.3) is 22.2 Å². The zero-order valence-corrected chi connectivity index (χ0v) is 14.6. The van der Waals surface area contributed by atoms with Gasteiger partial charge in [-0.05, 0) is 30.3 Å². The summed E-state index contributed by atoms with van der Waals surface area (Å²) in [5, 5.41) is 4.01. The highest BCUT2D eigenvalue weighted by atomic mass is 19.4. The molecule has 3 heterocycles. The summed E-state index contributed by atoms with van der Waals surface area (Å²) >= 11 is 0. The Kier molecular flexibility index (Phi) is 4.65. The predicted octanol–water partition coefficient (Wildman–Crippen LogP) is 5.32. The number of fused-ring (bicyclic) bond motifs is 1. The average molecular weight is 380 g/mol. The third-order valence-electron chi connectivity index (χ3n) is 4.26. The summed E-state index contributed by atoms with van der Waals surface area (Å²) in [5.74, 6) is 0.720. The van der Waals surface area contributed by atoms with Crippen molar-refractivity contribution in [3.05, 3.63) is 84.3 Å². The highest BCUT2D eigenvalue weighted by Gasteiger charge is 2.30. The van der Waals surface area contributed by atoms with Gasteiger partial charge in [-0.25, -0.2) is 4.98 Å². The van der Waals surface area contributed by atoms with Gasteiger partial charge in [0.05, 0.1) is 29.0 Å². The fourth-order valence-electron chi connectivity index (χ4n) is 2.90. The smallest absolute Gasteiger partial charge is 0.364 e. The van der Waals surface area contributed by atoms with Gasteiger partial charge in [0, 0.05) is 23.3 Å². The Morgan fingerprint density at radius 3 is 2.54 bits per heavy atom. The highest BCUT2D eigenvalue weighted by Crippen LogP contribution is 2.33. The number of para-hydroxylation sites is 1. The molecule has 1 aromatic carbocycles. The Bertz CT molecular complexity index is 1110. The maximum atomic E-state index is 13.1. The molecule has 4 rings (SSSR count). The van der Waals surface area contributed by atoms with Gasteiger partial charge in [0.2, 0.25) is 0 Å². The van der Waals surface area contributed by atoms with Crippen molar-refractivity contribution in [2.24, 2.45) is 0 Å². The molecule has 4 nitrogen and oxygen atoms in total. The Morgan fingerprint density at radius 1 is 0.857 bits per heavy atom. The minimum Gasteiger partial charge on any atom is -0.364 e. The zero-order valence-electron chi connectivity index (χ0n) is 14.6. The molecule has 0 radical (unpaired) electrons. The first-order chi connectivity index (χ1) is 13.5. The van der Waals surface area contributed by atoms with Crippen LogP contribution in [0.5, 0.6) is 0 Å². The van der Waals surface area contributed by atoms with Crippen LogP contribution in [0.3, 0.4) is 0 Å². The van der Waals surface area contributed by atoms with Crippen LogP contribution >= 0.6 is 0 Å². The van der Waals surface area contributed by atoms with Gasteiger partial charge < -0.3 is 5.32 Å². The average Bonchev–Trinajstić information content (AvgIpc) is 2.72. The van der Waals surface area contributed by atoms with Crippen molar-refractivity contribution in [2.45, 2.75) is 12.7 Å². The lowest BCUT2D eigenvalue weighted by molar-refractivity contribution is -0.137. The Labute approximate surface area is 159 Å². The third kappa shape index (κ3) is 3.78. The first-order valence-electron chi connectivity index (χ1n) is 8.58. The van der Waals surface area contributed by atoms with Gasteiger partial charge >= 0.3 is 6.18 Å². The maximum absolute atomic E-state index is 13.1. The van der Waals surface area contributed by atoms with Gasteiger partial charge in [0.1, 0.15) is 5.82 Å². The topological polar surface area (TPSA) is 50.7 Å². The molecule has 7 heteroatoms. The SMILES string of the molecule is FC(F)(F)c1ccnc(-c2cccc3ccc(CNc4ccccn4)nc23)c1. The van der Waals surface area contributed by atoms with E-state index in [0.717, 1.165) is 29.0 Å². The quantitative estimate of drug-likeness (QED) is 0.520. The van der Waals surface area contributed by atoms with Crippen LogP contribution < -0.4 is 5.32 Å². The second kappa shape index (κ2) is 7.26. The Balaban J connectivity index is 1.71. The number of halogens is 3. The van der Waals surface area contributed by atoms with Crippen molar-refractivity contribution in [3.8, 4) is 11.3 Å². The number of pyridine rings is 3. The molecule has 1 N–H and O–H groups in total. The first-order valence-corrected chi connectivity index (χ1v) is 8.58. The lowest BCUT2D eigenvalue weighted by Gasteiger charge is -2.11. The maximum Gasteiger partial charge on any atom is 0.416 e. The minimum atomic E-state index is -4.42. The van der Waals surface area contributed by atoms with Crippen LogP contribution in [0.4, 0.5) is 19.0 Å². The van der Waals surface area contributed by atoms with E-state index in [9.17, 15) is 13.2 Å². The van der Waals surface area contributed by atoms with Crippen molar-refractivity contribution < 1.29 is 13.2 Å². The van der Waals surface area contributed by atoms with Crippen molar-refractivity contribution in [1.29, 1.82) is 0 Å². The molecule has 140 valence electrons. The molecular weight excluding hydrogens is 365 g/mol. The second-order valence-corrected chi connectivity index (χ2v) is 6.18. The first kappa shape index (κ1) is 17.9. The van der Waals surface area contributed by atoms with Gasteiger partial charge in [-0.15, -0.1) is 0 Å². The summed E-state index contributed by atoms with van der Waals surface area (Å²) in [6.07, 6.45) is -1.56. The van der Waals surface area contributed by atoms with E-state index in [1.54, 1.807) is 18.3 Å². The van der Waals surface area contributed by atoms with Gasteiger partial charge in [-0.2, -0.15) is 13.2 Å². The predicted molar refractivity (Wildman–Crippen MR) is 102 cm³/mol. The van der Waals surface area contributed by atoms with Crippen LogP contribution in [0.2, 0.25) is 0 Å². The molecule has 0 atom stereocenters. The second-order valence-electron chi connectivity index (χ2n) is 6.18. The van der Waals surface area contributed by atoms with Crippen molar-refractivity contribution in [1.82, 2.24) is 15.0 Å². The van der Waals surface area contributed by atoms with Crippen LogP contribution in [0, 0.1) is 0 Å². The molecule has 0 bridgehead atoms. The van der Waals surface area contributed by atoms with E-state index in [2.05, 4.69) is 20.3 Å². The summed E-state index contributed by atoms with van der Waals surface area (Å²) < 4.78 is 39.2. The monoisotopic (exact) mass is 380 g/mol. The molecule has 0 saturated carbocycles. The van der Waals surface area contributed by atoms with E-state index in [-0.39, 0.29) is 5.69 Å². The lowest BCUT2D eigenvalue weighted by atomic mass is 10.0. The summed E-state index contributed by atoms with van der Waals surface area (Å²) in [4.78, 5) is 13.0. The number of benzene rings is 1. The summed E-state index contributed by atoms with van der Waals surface area (Å²) in [5.41, 5.74) is 1.42. The van der Waals surface area contributed by atoms with E-state index in [1.165, 1.54) is 6.20 Å². The molecule has 28 heavy (non-hydrogen) atoms. The van der Waals surface area contributed by atoms with Gasteiger partial charge in [0.15, 0.2) is 0 Å². The van der Waals surface area contributed by atoms with Gasteiger partial charge in [0.25, 0.3) is 0 Å². The van der Waals surface area contributed by atoms with Gasteiger partial charge in [-0.1, -0.05) is 30.3 Å². The van der Waals surface area contributed by atoms with E-state index in [1.807, 2.05) is 36.4 Å². The van der Waals surface area contributed by atoms with Crippen LogP contribution in [-0.4, -0.2) is 15.0 Å². The fraction of sp³-hybridized carbons (Fsp3) is 0.0952. The highest BCUT2D eigenvalue weighted by molar-refractivity contribution is 5.92. The molecular formula is C21H15F3N4. The molecule has 0 aliphatic carbocycles. The number of aromatic nitrogens is 3. The number of hydrogen-bond donors (Lipinski definition) is 1. The number of nitrogens with zero attached hydrogens (tertiary/aromatic N) is 3. The van der Waals surface area contributed by atoms with Crippen molar-refractivity contribution >= 4 is 16.7 Å². The summed E-state index contributed by atoms with van der Waals surface area (Å²) in [7, 11) is 0. The number of alkyl halides is 3. The van der Waals surface area contributed by atoms with Crippen molar-refractivity contribution in [2.75, 3.05) is 5.32 Å². The van der Waals surface area contributed by atoms with E-state index >= 15 is 0 Å². The third-order valence-corrected chi connectivity index (χ3v) is 4.26.